The molecule has 0 aliphatic carbocycles. The van der Waals surface area contributed by atoms with Gasteiger partial charge in [0.25, 0.3) is 0 Å². The second kappa shape index (κ2) is 10.1. The lowest BCUT2D eigenvalue weighted by Gasteiger charge is -2.48. The van der Waals surface area contributed by atoms with Crippen molar-refractivity contribution in [2.75, 3.05) is 46.8 Å². The van der Waals surface area contributed by atoms with E-state index in [4.69, 9.17) is 4.98 Å². The molecule has 3 aromatic rings. The number of piperidine rings is 1. The average molecular weight is 558 g/mol. The number of hydrogen-bond acceptors (Lipinski definition) is 10. The first-order chi connectivity index (χ1) is 18.3. The Balaban J connectivity index is 1.40. The van der Waals surface area contributed by atoms with E-state index in [-0.39, 0.29) is 30.2 Å². The van der Waals surface area contributed by atoms with E-state index in [9.17, 15) is 17.9 Å². The van der Waals surface area contributed by atoms with Gasteiger partial charge in [0.15, 0.2) is 0 Å². The molecule has 0 saturated carbocycles. The minimum atomic E-state index is -3.04. The van der Waals surface area contributed by atoms with Gasteiger partial charge in [-0.25, -0.2) is 22.8 Å². The van der Waals surface area contributed by atoms with E-state index < -0.39 is 21.6 Å². The molecular weight excluding hydrogens is 521 g/mol. The molecule has 0 unspecified atom stereocenters. The van der Waals surface area contributed by atoms with Crippen molar-refractivity contribution in [1.29, 1.82) is 0 Å². The van der Waals surface area contributed by atoms with Gasteiger partial charge >= 0.3 is 0 Å². The molecule has 0 radical (unpaired) electrons. The SMILES string of the molecule is CC(C)c1ncc(N2C[C@H](CS(C)(=O)=O)[C@H]2C)c2cnc(Nc3ccnc(N4CC[C@](C)(O)[C@H](F)C4)n3)cc12. The molecule has 0 amide bonds. The first-order valence-electron chi connectivity index (χ1n) is 13.3. The van der Waals surface area contributed by atoms with Crippen molar-refractivity contribution in [3.63, 3.8) is 0 Å². The second-order valence-corrected chi connectivity index (χ2v) is 13.6. The number of anilines is 4. The van der Waals surface area contributed by atoms with E-state index in [2.05, 4.69) is 39.0 Å². The number of fused-ring (bicyclic) bond motifs is 1. The van der Waals surface area contributed by atoms with Crippen molar-refractivity contribution >= 4 is 43.9 Å². The Morgan fingerprint density at radius 1 is 1.18 bits per heavy atom. The van der Waals surface area contributed by atoms with Gasteiger partial charge in [-0.05, 0) is 38.3 Å². The van der Waals surface area contributed by atoms with Gasteiger partial charge in [0.2, 0.25) is 5.95 Å². The van der Waals surface area contributed by atoms with Gasteiger partial charge in [0, 0.05) is 54.5 Å². The van der Waals surface area contributed by atoms with Crippen molar-refractivity contribution in [3.8, 4) is 0 Å². The van der Waals surface area contributed by atoms with Crippen LogP contribution >= 0.6 is 0 Å². The highest BCUT2D eigenvalue weighted by atomic mass is 32.2. The zero-order valence-corrected chi connectivity index (χ0v) is 23.8. The topological polar surface area (TPSA) is 124 Å². The Morgan fingerprint density at radius 3 is 2.62 bits per heavy atom. The molecule has 0 spiro atoms. The number of nitrogens with one attached hydrogen (secondary N) is 1. The smallest absolute Gasteiger partial charge is 0.227 e. The predicted octanol–water partition coefficient (Wildman–Crippen LogP) is 3.46. The lowest BCUT2D eigenvalue weighted by molar-refractivity contribution is -0.0332. The Kier molecular flexibility index (Phi) is 7.13. The molecule has 5 heterocycles. The fourth-order valence-electron chi connectivity index (χ4n) is 5.37. The van der Waals surface area contributed by atoms with Crippen LogP contribution in [0.5, 0.6) is 0 Å². The van der Waals surface area contributed by atoms with Gasteiger partial charge in [-0.2, -0.15) is 4.98 Å². The van der Waals surface area contributed by atoms with Gasteiger partial charge in [0.05, 0.1) is 35.5 Å². The molecule has 2 N–H and O–H groups in total. The fraction of sp³-hybridized carbons (Fsp3) is 0.556. The minimum absolute atomic E-state index is 0.0246. The fourth-order valence-corrected chi connectivity index (χ4v) is 6.53. The number of pyridine rings is 2. The summed E-state index contributed by atoms with van der Waals surface area (Å²) in [5.41, 5.74) is 0.541. The largest absolute Gasteiger partial charge is 0.387 e. The number of nitrogens with zero attached hydrogens (tertiary/aromatic N) is 6. The van der Waals surface area contributed by atoms with Gasteiger partial charge in [-0.3, -0.25) is 4.98 Å². The number of hydrogen-bond donors (Lipinski definition) is 2. The molecule has 5 rings (SSSR count). The number of sulfone groups is 1. The van der Waals surface area contributed by atoms with E-state index in [1.54, 1.807) is 17.2 Å². The maximum absolute atomic E-state index is 14.4. The molecule has 4 atom stereocenters. The molecule has 210 valence electrons. The molecule has 39 heavy (non-hydrogen) atoms. The number of aliphatic hydroxyl groups is 1. The van der Waals surface area contributed by atoms with Gasteiger partial charge < -0.3 is 20.2 Å². The number of alkyl halides is 1. The standard InChI is InChI=1S/C27H36FN7O3S/c1-16(2)25-19-10-24(32-23-6-8-29-26(33-23)34-9-7-27(4,36)22(28)14-34)30-11-20(19)21(12-31-25)35-13-18(17(35)3)15-39(5,37)38/h6,8,10-12,16-18,22,36H,7,9,13-15H2,1-5H3,(H,29,30,32,33)/t17-,18-,22-,27+/m1/s1. The zero-order valence-electron chi connectivity index (χ0n) is 23.0. The van der Waals surface area contributed by atoms with Crippen LogP contribution in [0.1, 0.15) is 45.7 Å². The van der Waals surface area contributed by atoms with E-state index in [1.807, 2.05) is 25.4 Å². The summed E-state index contributed by atoms with van der Waals surface area (Å²) in [6.45, 7) is 8.88. The summed E-state index contributed by atoms with van der Waals surface area (Å²) in [6, 6.07) is 3.76. The molecule has 12 heteroatoms. The van der Waals surface area contributed by atoms with E-state index in [0.717, 1.165) is 22.2 Å². The van der Waals surface area contributed by atoms with E-state index in [0.29, 0.717) is 37.1 Å². The molecule has 0 bridgehead atoms. The molecular formula is C27H36FN7O3S. The van der Waals surface area contributed by atoms with Crippen LogP contribution in [0.2, 0.25) is 0 Å². The van der Waals surface area contributed by atoms with Crippen LogP contribution < -0.4 is 15.1 Å². The molecule has 2 fully saturated rings. The molecule has 2 saturated heterocycles. The van der Waals surface area contributed by atoms with Crippen molar-refractivity contribution in [1.82, 2.24) is 19.9 Å². The predicted molar refractivity (Wildman–Crippen MR) is 151 cm³/mol. The third-order valence-electron chi connectivity index (χ3n) is 7.89. The highest BCUT2D eigenvalue weighted by Gasteiger charge is 2.39. The minimum Gasteiger partial charge on any atom is -0.387 e. The summed E-state index contributed by atoms with van der Waals surface area (Å²) < 4.78 is 38.0. The zero-order chi connectivity index (χ0) is 28.1. The van der Waals surface area contributed by atoms with Crippen LogP contribution in [0.3, 0.4) is 0 Å². The summed E-state index contributed by atoms with van der Waals surface area (Å²) in [4.78, 5) is 22.2. The van der Waals surface area contributed by atoms with Crippen LogP contribution in [-0.2, 0) is 9.84 Å². The van der Waals surface area contributed by atoms with Crippen LogP contribution in [0.15, 0.2) is 30.7 Å². The first-order valence-corrected chi connectivity index (χ1v) is 15.3. The third-order valence-corrected chi connectivity index (χ3v) is 8.92. The highest BCUT2D eigenvalue weighted by molar-refractivity contribution is 7.90. The van der Waals surface area contributed by atoms with Crippen molar-refractivity contribution in [2.24, 2.45) is 5.92 Å². The summed E-state index contributed by atoms with van der Waals surface area (Å²) in [5.74, 6) is 1.94. The number of aromatic nitrogens is 4. The Hall–Kier alpha value is -3.12. The van der Waals surface area contributed by atoms with Gasteiger partial charge in [-0.1, -0.05) is 13.8 Å². The van der Waals surface area contributed by atoms with E-state index in [1.165, 1.54) is 13.2 Å². The maximum atomic E-state index is 14.4. The van der Waals surface area contributed by atoms with Crippen LogP contribution in [0, 0.1) is 5.92 Å². The second-order valence-electron chi connectivity index (χ2n) is 11.4. The molecule has 10 nitrogen and oxygen atoms in total. The monoisotopic (exact) mass is 557 g/mol. The quantitative estimate of drug-likeness (QED) is 0.446. The van der Waals surface area contributed by atoms with Crippen molar-refractivity contribution in [2.45, 2.75) is 57.8 Å². The Labute approximate surface area is 228 Å². The lowest BCUT2D eigenvalue weighted by Crippen LogP contribution is -2.57. The Bertz CT molecular complexity index is 1480. The summed E-state index contributed by atoms with van der Waals surface area (Å²) in [6.07, 6.45) is 5.48. The summed E-state index contributed by atoms with van der Waals surface area (Å²) in [5, 5.41) is 15.3. The summed E-state index contributed by atoms with van der Waals surface area (Å²) >= 11 is 0. The van der Waals surface area contributed by atoms with Gasteiger partial charge in [-0.15, -0.1) is 0 Å². The van der Waals surface area contributed by atoms with Gasteiger partial charge in [0.1, 0.15) is 27.6 Å². The summed E-state index contributed by atoms with van der Waals surface area (Å²) in [7, 11) is -3.04. The molecule has 3 aromatic heterocycles. The molecule has 0 aromatic carbocycles. The molecule has 2 aliphatic rings. The maximum Gasteiger partial charge on any atom is 0.227 e. The average Bonchev–Trinajstić information content (AvgIpc) is 2.86. The Morgan fingerprint density at radius 2 is 1.95 bits per heavy atom. The van der Waals surface area contributed by atoms with Crippen LogP contribution in [0.25, 0.3) is 10.8 Å². The van der Waals surface area contributed by atoms with Crippen molar-refractivity contribution in [3.05, 3.63) is 36.4 Å². The van der Waals surface area contributed by atoms with E-state index >= 15 is 0 Å². The lowest BCUT2D eigenvalue weighted by atomic mass is 9.90. The third kappa shape index (κ3) is 5.62. The van der Waals surface area contributed by atoms with Crippen LogP contribution in [0.4, 0.5) is 27.7 Å². The highest BCUT2D eigenvalue weighted by Crippen LogP contribution is 2.38. The van der Waals surface area contributed by atoms with Crippen LogP contribution in [-0.4, -0.2) is 82.9 Å². The number of halogens is 1. The molecule has 2 aliphatic heterocycles. The number of rotatable bonds is 7. The van der Waals surface area contributed by atoms with Crippen molar-refractivity contribution < 1.29 is 17.9 Å². The normalized spacial score (nSPS) is 25.7. The first kappa shape index (κ1) is 27.4.